The minimum atomic E-state index is -0.456. The number of rotatable bonds is 8. The van der Waals surface area contributed by atoms with Crippen LogP contribution in [0.4, 0.5) is 10.5 Å². The average Bonchev–Trinajstić information content (AvgIpc) is 3.31. The number of nitrogens with zero attached hydrogens (tertiary/aromatic N) is 2. The van der Waals surface area contributed by atoms with E-state index in [0.717, 1.165) is 47.1 Å². The number of H-pyrrole nitrogens is 1. The molecule has 1 unspecified atom stereocenters. The number of unbranched alkanes of at least 4 members (excludes halogenated alkanes) is 1. The van der Waals surface area contributed by atoms with Crippen molar-refractivity contribution in [2.75, 3.05) is 32.0 Å². The van der Waals surface area contributed by atoms with Gasteiger partial charge in [0.1, 0.15) is 11.8 Å². The van der Waals surface area contributed by atoms with Gasteiger partial charge in [-0.1, -0.05) is 48.7 Å². The van der Waals surface area contributed by atoms with Crippen molar-refractivity contribution in [1.29, 1.82) is 0 Å². The molecule has 0 bridgehead atoms. The zero-order chi connectivity index (χ0) is 28.2. The third kappa shape index (κ3) is 6.28. The maximum absolute atomic E-state index is 13.5. The number of amides is 2. The summed E-state index contributed by atoms with van der Waals surface area (Å²) in [7, 11) is 1.95. The third-order valence-corrected chi connectivity index (χ3v) is 7.65. The van der Waals surface area contributed by atoms with Gasteiger partial charge in [-0.15, -0.1) is 0 Å². The summed E-state index contributed by atoms with van der Waals surface area (Å²) in [5.41, 5.74) is 4.61. The molecule has 4 aromatic rings. The number of aromatic nitrogens is 1. The predicted molar refractivity (Wildman–Crippen MR) is 161 cm³/mol. The lowest BCUT2D eigenvalue weighted by Gasteiger charge is -2.35. The van der Waals surface area contributed by atoms with Gasteiger partial charge in [-0.25, -0.2) is 4.79 Å². The van der Waals surface area contributed by atoms with Crippen LogP contribution in [-0.4, -0.2) is 53.5 Å². The predicted octanol–water partition coefficient (Wildman–Crippen LogP) is 7.29. The second-order valence-corrected chi connectivity index (χ2v) is 11.0. The zero-order valence-electron chi connectivity index (χ0n) is 22.5. The number of nitrogens with one attached hydrogen (secondary N) is 2. The fourth-order valence-electron chi connectivity index (χ4n) is 5.17. The molecule has 0 saturated carbocycles. The second-order valence-electron chi connectivity index (χ2n) is 10.1. The number of aromatic amines is 1. The summed E-state index contributed by atoms with van der Waals surface area (Å²) in [4.78, 5) is 33.3. The highest BCUT2D eigenvalue weighted by molar-refractivity contribution is 6.31. The van der Waals surface area contributed by atoms with Gasteiger partial charge in [-0.2, -0.15) is 0 Å². The molecule has 7 nitrogen and oxygen atoms in total. The molecule has 2 heterocycles. The number of carbonyl (C=O) groups excluding carboxylic acids is 2. The van der Waals surface area contributed by atoms with E-state index in [9.17, 15) is 9.59 Å². The highest BCUT2D eigenvalue weighted by Crippen LogP contribution is 2.39. The first-order chi connectivity index (χ1) is 19.3. The van der Waals surface area contributed by atoms with E-state index < -0.39 is 12.1 Å². The molecule has 1 aliphatic heterocycles. The molecule has 3 aromatic carbocycles. The Labute approximate surface area is 244 Å². The van der Waals surface area contributed by atoms with Crippen molar-refractivity contribution < 1.29 is 14.3 Å². The van der Waals surface area contributed by atoms with Crippen LogP contribution in [0, 0.1) is 0 Å². The van der Waals surface area contributed by atoms with Crippen LogP contribution in [0.15, 0.2) is 66.7 Å². The molecule has 2 amide bonds. The smallest absolute Gasteiger partial charge is 0.410 e. The van der Waals surface area contributed by atoms with Crippen LogP contribution in [0.5, 0.6) is 5.75 Å². The first kappa shape index (κ1) is 28.0. The quantitative estimate of drug-likeness (QED) is 0.230. The molecule has 5 rings (SSSR count). The molecule has 0 spiro atoms. The summed E-state index contributed by atoms with van der Waals surface area (Å²) in [6, 6.07) is 19.7. The van der Waals surface area contributed by atoms with E-state index in [1.165, 1.54) is 0 Å². The van der Waals surface area contributed by atoms with Gasteiger partial charge in [0, 0.05) is 38.9 Å². The molecule has 208 valence electrons. The van der Waals surface area contributed by atoms with Crippen LogP contribution in [0.3, 0.4) is 0 Å². The summed E-state index contributed by atoms with van der Waals surface area (Å²) in [6.45, 7) is 3.81. The monoisotopic (exact) mass is 578 g/mol. The molecule has 0 saturated heterocycles. The number of ether oxygens (including phenoxy) is 1. The molecule has 0 aliphatic carbocycles. The molecule has 1 aromatic heterocycles. The minimum Gasteiger partial charge on any atom is -0.410 e. The number of halogens is 2. The molecule has 1 atom stereocenters. The summed E-state index contributed by atoms with van der Waals surface area (Å²) in [5, 5.41) is 5.26. The van der Waals surface area contributed by atoms with Crippen molar-refractivity contribution >= 4 is 51.8 Å². The first-order valence-electron chi connectivity index (χ1n) is 13.4. The molecule has 2 N–H and O–H groups in total. The van der Waals surface area contributed by atoms with Crippen molar-refractivity contribution in [3.63, 3.8) is 0 Å². The number of carbonyl (C=O) groups is 2. The zero-order valence-corrected chi connectivity index (χ0v) is 24.1. The van der Waals surface area contributed by atoms with Gasteiger partial charge in [0.05, 0.1) is 6.54 Å². The standard InChI is InChI=1S/C31H32Cl2N4O3/c1-3-4-16-36(2)19-28(38)34-23-10-5-20(6-11-23)30-29-25(26-18-22(33)9-14-27(26)35-29)15-17-37(30)31(39)40-24-12-7-21(32)8-13-24/h5-14,18,30,35H,3-4,15-17,19H2,1-2H3,(H,34,38). The van der Waals surface area contributed by atoms with Gasteiger partial charge in [-0.3, -0.25) is 14.6 Å². The second kappa shape index (κ2) is 12.3. The van der Waals surface area contributed by atoms with Crippen LogP contribution >= 0.6 is 23.2 Å². The Morgan fingerprint density at radius 2 is 1.77 bits per heavy atom. The van der Waals surface area contributed by atoms with Gasteiger partial charge < -0.3 is 15.0 Å². The number of likely N-dealkylation sites (N-methyl/N-ethyl adjacent to an activating group) is 1. The minimum absolute atomic E-state index is 0.0630. The highest BCUT2D eigenvalue weighted by Gasteiger charge is 2.35. The lowest BCUT2D eigenvalue weighted by molar-refractivity contribution is -0.117. The maximum Gasteiger partial charge on any atom is 0.416 e. The molecule has 9 heteroatoms. The molecular weight excluding hydrogens is 547 g/mol. The van der Waals surface area contributed by atoms with Gasteiger partial charge in [-0.05, 0) is 92.2 Å². The van der Waals surface area contributed by atoms with Crippen molar-refractivity contribution in [1.82, 2.24) is 14.8 Å². The molecule has 40 heavy (non-hydrogen) atoms. The fourth-order valence-corrected chi connectivity index (χ4v) is 5.47. The Kier molecular flexibility index (Phi) is 8.64. The van der Waals surface area contributed by atoms with Crippen molar-refractivity contribution in [2.24, 2.45) is 0 Å². The number of benzene rings is 3. The van der Waals surface area contributed by atoms with E-state index in [1.807, 2.05) is 54.4 Å². The van der Waals surface area contributed by atoms with Crippen LogP contribution in [0.25, 0.3) is 10.9 Å². The van der Waals surface area contributed by atoms with Crippen molar-refractivity contribution in [3.8, 4) is 5.75 Å². The Balaban J connectivity index is 1.42. The van der Waals surface area contributed by atoms with E-state index in [-0.39, 0.29) is 5.91 Å². The fraction of sp³-hybridized carbons (Fsp3) is 0.290. The number of hydrogen-bond donors (Lipinski definition) is 2. The Hall–Kier alpha value is -3.52. The lowest BCUT2D eigenvalue weighted by Crippen LogP contribution is -2.42. The van der Waals surface area contributed by atoms with E-state index in [1.54, 1.807) is 29.2 Å². The lowest BCUT2D eigenvalue weighted by atomic mass is 9.92. The summed E-state index contributed by atoms with van der Waals surface area (Å²) in [5.74, 6) is 0.358. The third-order valence-electron chi connectivity index (χ3n) is 7.16. The highest BCUT2D eigenvalue weighted by atomic mass is 35.5. The Morgan fingerprint density at radius 3 is 2.50 bits per heavy atom. The van der Waals surface area contributed by atoms with Crippen LogP contribution < -0.4 is 10.1 Å². The van der Waals surface area contributed by atoms with E-state index in [0.29, 0.717) is 41.0 Å². The molecular formula is C31H32Cl2N4O3. The summed E-state index contributed by atoms with van der Waals surface area (Å²) >= 11 is 12.3. The maximum atomic E-state index is 13.5. The Bertz CT molecular complexity index is 1500. The van der Waals surface area contributed by atoms with Gasteiger partial charge in [0.15, 0.2) is 0 Å². The topological polar surface area (TPSA) is 77.7 Å². The van der Waals surface area contributed by atoms with Crippen molar-refractivity contribution in [2.45, 2.75) is 32.2 Å². The van der Waals surface area contributed by atoms with Gasteiger partial charge in [0.2, 0.25) is 5.91 Å². The SMILES string of the molecule is CCCCN(C)CC(=O)Nc1ccc(C2c3[nH]c4ccc(Cl)cc4c3CCN2C(=O)Oc2ccc(Cl)cc2)cc1. The number of fused-ring (bicyclic) bond motifs is 3. The molecule has 0 fully saturated rings. The molecule has 0 radical (unpaired) electrons. The van der Waals surface area contributed by atoms with Gasteiger partial charge in [0.25, 0.3) is 0 Å². The van der Waals surface area contributed by atoms with Crippen molar-refractivity contribution in [3.05, 3.63) is 93.6 Å². The van der Waals surface area contributed by atoms with Crippen LogP contribution in [-0.2, 0) is 11.2 Å². The van der Waals surface area contributed by atoms with Gasteiger partial charge >= 0.3 is 6.09 Å². The van der Waals surface area contributed by atoms with E-state index >= 15 is 0 Å². The molecule has 1 aliphatic rings. The summed E-state index contributed by atoms with van der Waals surface area (Å²) in [6.07, 6.45) is 2.34. The normalized spacial score (nSPS) is 14.8. The Morgan fingerprint density at radius 1 is 1.05 bits per heavy atom. The number of hydrogen-bond acceptors (Lipinski definition) is 4. The largest absolute Gasteiger partial charge is 0.416 e. The van der Waals surface area contributed by atoms with Crippen LogP contribution in [0.1, 0.15) is 42.6 Å². The van der Waals surface area contributed by atoms with E-state index in [2.05, 4.69) is 17.2 Å². The van der Waals surface area contributed by atoms with E-state index in [4.69, 9.17) is 27.9 Å². The number of anilines is 1. The first-order valence-corrected chi connectivity index (χ1v) is 14.2. The average molecular weight is 580 g/mol. The van der Waals surface area contributed by atoms with Crippen LogP contribution in [0.2, 0.25) is 10.0 Å². The summed E-state index contributed by atoms with van der Waals surface area (Å²) < 4.78 is 5.74.